The van der Waals surface area contributed by atoms with Gasteiger partial charge in [-0.05, 0) is 20.0 Å². The number of nitrogens with one attached hydrogen (secondary N) is 1. The van der Waals surface area contributed by atoms with Gasteiger partial charge < -0.3 is 10.1 Å². The highest BCUT2D eigenvalue weighted by atomic mass is 32.3. The number of benzene rings is 1. The quantitative estimate of drug-likeness (QED) is 0.796. The highest BCUT2D eigenvalue weighted by Crippen LogP contribution is 2.36. The smallest absolute Gasteiger partial charge is 0.397 e. The van der Waals surface area contributed by atoms with Crippen LogP contribution in [0, 0.1) is 0 Å². The largest absolute Gasteiger partial charge is 0.488 e. The number of hydrogen-bond donors (Lipinski definition) is 2. The van der Waals surface area contributed by atoms with Crippen molar-refractivity contribution >= 4 is 10.4 Å². The van der Waals surface area contributed by atoms with Gasteiger partial charge in [-0.1, -0.05) is 18.2 Å². The summed E-state index contributed by atoms with van der Waals surface area (Å²) in [6.45, 7) is 1.69. The lowest BCUT2D eigenvalue weighted by atomic mass is 9.94. The van der Waals surface area contributed by atoms with Gasteiger partial charge >= 0.3 is 10.4 Å². The third-order valence-corrected chi connectivity index (χ3v) is 3.37. The van der Waals surface area contributed by atoms with E-state index in [2.05, 4.69) is 5.32 Å². The zero-order valence-corrected chi connectivity index (χ0v) is 10.8. The standard InChI is InChI=1S/C11H15NO5S/c1-7-11(17-18(13,14)15)10(12-2)8-5-3-4-6-9(8)16-7/h3-7,10-12H,1-2H3,(H,13,14,15)/t7-,10-,11-/m1/s1. The van der Waals surface area contributed by atoms with Gasteiger partial charge in [0.2, 0.25) is 0 Å². The van der Waals surface area contributed by atoms with Gasteiger partial charge in [0, 0.05) is 5.56 Å². The van der Waals surface area contributed by atoms with E-state index in [9.17, 15) is 8.42 Å². The number of ether oxygens (including phenoxy) is 1. The van der Waals surface area contributed by atoms with Gasteiger partial charge in [-0.25, -0.2) is 4.18 Å². The molecule has 0 spiro atoms. The van der Waals surface area contributed by atoms with Gasteiger partial charge in [0.15, 0.2) is 0 Å². The van der Waals surface area contributed by atoms with Crippen molar-refractivity contribution in [1.29, 1.82) is 0 Å². The predicted octanol–water partition coefficient (Wildman–Crippen LogP) is 0.916. The average Bonchev–Trinajstić information content (AvgIpc) is 2.28. The molecule has 0 radical (unpaired) electrons. The fourth-order valence-electron chi connectivity index (χ4n) is 2.15. The Hall–Kier alpha value is -1.15. The van der Waals surface area contributed by atoms with Crippen molar-refractivity contribution in [2.24, 2.45) is 0 Å². The van der Waals surface area contributed by atoms with E-state index in [4.69, 9.17) is 13.5 Å². The molecule has 1 aromatic carbocycles. The summed E-state index contributed by atoms with van der Waals surface area (Å²) in [7, 11) is -2.83. The lowest BCUT2D eigenvalue weighted by Gasteiger charge is -2.36. The van der Waals surface area contributed by atoms with Crippen LogP contribution < -0.4 is 10.1 Å². The molecule has 0 unspecified atom stereocenters. The second kappa shape index (κ2) is 4.85. The molecule has 0 bridgehead atoms. The minimum absolute atomic E-state index is 0.369. The highest BCUT2D eigenvalue weighted by Gasteiger charge is 2.38. The molecule has 6 nitrogen and oxygen atoms in total. The van der Waals surface area contributed by atoms with Crippen LogP contribution in [0.2, 0.25) is 0 Å². The van der Waals surface area contributed by atoms with Crippen LogP contribution in [0.4, 0.5) is 0 Å². The molecule has 0 aliphatic carbocycles. The van der Waals surface area contributed by atoms with Crippen molar-refractivity contribution in [3.8, 4) is 5.75 Å². The summed E-state index contributed by atoms with van der Waals surface area (Å²) >= 11 is 0. The second-order valence-corrected chi connectivity index (χ2v) is 5.16. The topological polar surface area (TPSA) is 84.9 Å². The molecular formula is C11H15NO5S. The summed E-state index contributed by atoms with van der Waals surface area (Å²) in [6.07, 6.45) is -1.32. The Morgan fingerprint density at radius 2 is 2.06 bits per heavy atom. The molecule has 0 saturated carbocycles. The Labute approximate surface area is 106 Å². The highest BCUT2D eigenvalue weighted by molar-refractivity contribution is 7.80. The Kier molecular flexibility index (Phi) is 3.58. The Morgan fingerprint density at radius 1 is 1.39 bits per heavy atom. The van der Waals surface area contributed by atoms with Gasteiger partial charge in [-0.3, -0.25) is 4.55 Å². The first-order chi connectivity index (χ1) is 8.42. The van der Waals surface area contributed by atoms with Gasteiger partial charge in [-0.15, -0.1) is 0 Å². The van der Waals surface area contributed by atoms with Crippen molar-refractivity contribution in [2.45, 2.75) is 25.2 Å². The second-order valence-electron chi connectivity index (χ2n) is 4.12. The van der Waals surface area contributed by atoms with Crippen LogP contribution in [0.15, 0.2) is 24.3 Å². The first-order valence-corrected chi connectivity index (χ1v) is 6.87. The number of rotatable bonds is 3. The number of fused-ring (bicyclic) bond motifs is 1. The fraction of sp³-hybridized carbons (Fsp3) is 0.455. The third kappa shape index (κ3) is 2.64. The van der Waals surface area contributed by atoms with Crippen LogP contribution >= 0.6 is 0 Å². The van der Waals surface area contributed by atoms with Crippen LogP contribution in [0.5, 0.6) is 5.75 Å². The van der Waals surface area contributed by atoms with E-state index in [1.807, 2.05) is 18.2 Å². The molecule has 2 rings (SSSR count). The Bertz CT molecular complexity index is 530. The van der Waals surface area contributed by atoms with Crippen LogP contribution in [0.3, 0.4) is 0 Å². The number of hydrogen-bond acceptors (Lipinski definition) is 5. The molecule has 0 aromatic heterocycles. The predicted molar refractivity (Wildman–Crippen MR) is 64.8 cm³/mol. The molecule has 1 aliphatic rings. The van der Waals surface area contributed by atoms with Gasteiger partial charge in [0.05, 0.1) is 6.04 Å². The van der Waals surface area contributed by atoms with Crippen molar-refractivity contribution in [3.05, 3.63) is 29.8 Å². The molecule has 1 heterocycles. The van der Waals surface area contributed by atoms with Crippen molar-refractivity contribution in [1.82, 2.24) is 5.32 Å². The van der Waals surface area contributed by atoms with Crippen LogP contribution in [0.1, 0.15) is 18.5 Å². The maximum absolute atomic E-state index is 10.9. The van der Waals surface area contributed by atoms with E-state index in [0.29, 0.717) is 5.75 Å². The minimum Gasteiger partial charge on any atom is -0.488 e. The summed E-state index contributed by atoms with van der Waals surface area (Å²) in [5.41, 5.74) is 0.798. The molecule has 100 valence electrons. The van der Waals surface area contributed by atoms with E-state index < -0.39 is 22.6 Å². The van der Waals surface area contributed by atoms with E-state index in [-0.39, 0.29) is 6.04 Å². The minimum atomic E-state index is -4.52. The molecule has 0 fully saturated rings. The molecule has 3 atom stereocenters. The fourth-order valence-corrected chi connectivity index (χ4v) is 2.70. The molecule has 0 saturated heterocycles. The van der Waals surface area contributed by atoms with Crippen LogP contribution in [-0.2, 0) is 14.6 Å². The molecule has 2 N–H and O–H groups in total. The first kappa shape index (κ1) is 13.3. The summed E-state index contributed by atoms with van der Waals surface area (Å²) in [5.74, 6) is 0.680. The molecule has 0 amide bonds. The van der Waals surface area contributed by atoms with Crippen molar-refractivity contribution in [3.63, 3.8) is 0 Å². The molecule has 7 heteroatoms. The van der Waals surface area contributed by atoms with Crippen molar-refractivity contribution < 1.29 is 21.9 Å². The first-order valence-electron chi connectivity index (χ1n) is 5.51. The van der Waals surface area contributed by atoms with E-state index in [1.165, 1.54) is 0 Å². The third-order valence-electron chi connectivity index (χ3n) is 2.90. The lowest BCUT2D eigenvalue weighted by molar-refractivity contribution is 0.0189. The average molecular weight is 273 g/mol. The normalized spacial score (nSPS) is 27.4. The molecular weight excluding hydrogens is 258 g/mol. The maximum atomic E-state index is 10.9. The number of likely N-dealkylation sites (N-methyl/N-ethyl adjacent to an activating group) is 1. The Balaban J connectivity index is 2.38. The van der Waals surface area contributed by atoms with Crippen molar-refractivity contribution in [2.75, 3.05) is 7.05 Å². The summed E-state index contributed by atoms with van der Waals surface area (Å²) in [5, 5.41) is 2.98. The lowest BCUT2D eigenvalue weighted by Crippen LogP contribution is -2.46. The van der Waals surface area contributed by atoms with Gasteiger partial charge in [0.25, 0.3) is 0 Å². The Morgan fingerprint density at radius 3 is 2.67 bits per heavy atom. The summed E-state index contributed by atoms with van der Waals surface area (Å²) < 4.78 is 40.8. The maximum Gasteiger partial charge on any atom is 0.397 e. The van der Waals surface area contributed by atoms with E-state index >= 15 is 0 Å². The van der Waals surface area contributed by atoms with E-state index in [1.54, 1.807) is 20.0 Å². The van der Waals surface area contributed by atoms with E-state index in [0.717, 1.165) is 5.56 Å². The monoisotopic (exact) mass is 273 g/mol. The van der Waals surface area contributed by atoms with Gasteiger partial charge in [-0.2, -0.15) is 8.42 Å². The zero-order valence-electron chi connectivity index (χ0n) is 10.0. The molecule has 1 aromatic rings. The summed E-state index contributed by atoms with van der Waals surface area (Å²) in [4.78, 5) is 0. The van der Waals surface area contributed by atoms with Gasteiger partial charge in [0.1, 0.15) is 18.0 Å². The zero-order chi connectivity index (χ0) is 13.3. The SMILES string of the molecule is CN[C@@H]1c2ccccc2O[C@H](C)[C@H]1OS(=O)(=O)O. The van der Waals surface area contributed by atoms with Crippen LogP contribution in [-0.4, -0.2) is 32.2 Å². The van der Waals surface area contributed by atoms with Crippen LogP contribution in [0.25, 0.3) is 0 Å². The summed E-state index contributed by atoms with van der Waals surface area (Å²) in [6, 6.07) is 6.92. The molecule has 1 aliphatic heterocycles. The molecule has 18 heavy (non-hydrogen) atoms. The number of para-hydroxylation sites is 1.